The molecule has 1 unspecified atom stereocenters. The molecule has 1 fully saturated rings. The smallest absolute Gasteiger partial charge is 0.417 e. The van der Waals surface area contributed by atoms with Crippen molar-refractivity contribution >= 4 is 17.4 Å². The van der Waals surface area contributed by atoms with Crippen molar-refractivity contribution in [3.8, 4) is 0 Å². The quantitative estimate of drug-likeness (QED) is 0.744. The predicted octanol–water partition coefficient (Wildman–Crippen LogP) is 3.05. The van der Waals surface area contributed by atoms with E-state index in [-0.39, 0.29) is 11.6 Å². The summed E-state index contributed by atoms with van der Waals surface area (Å²) in [6.45, 7) is 3.31. The number of anilines is 1. The van der Waals surface area contributed by atoms with Gasteiger partial charge in [-0.2, -0.15) is 13.2 Å². The fraction of sp³-hybridized carbons (Fsp3) is 0.500. The van der Waals surface area contributed by atoms with Crippen LogP contribution in [0.1, 0.15) is 11.3 Å². The molecule has 6 nitrogen and oxygen atoms in total. The molecule has 2 aromatic rings. The molecule has 1 N–H and O–H groups in total. The highest BCUT2D eigenvalue weighted by Crippen LogP contribution is 2.33. The number of hydrogen-bond donors (Lipinski definition) is 1. The van der Waals surface area contributed by atoms with Gasteiger partial charge in [0.25, 0.3) is 0 Å². The maximum absolute atomic E-state index is 12.7. The first kappa shape index (κ1) is 20.9. The van der Waals surface area contributed by atoms with Gasteiger partial charge in [0.15, 0.2) is 0 Å². The van der Waals surface area contributed by atoms with E-state index >= 15 is 0 Å². The largest absolute Gasteiger partial charge is 0.467 e. The first-order chi connectivity index (χ1) is 13.3. The minimum atomic E-state index is -4.47. The van der Waals surface area contributed by atoms with Crippen molar-refractivity contribution < 1.29 is 27.4 Å². The van der Waals surface area contributed by atoms with Crippen LogP contribution in [0.4, 0.5) is 19.0 Å². The highest BCUT2D eigenvalue weighted by molar-refractivity contribution is 6.33. The van der Waals surface area contributed by atoms with Gasteiger partial charge in [-0.05, 0) is 18.2 Å². The van der Waals surface area contributed by atoms with Crippen LogP contribution in [0.25, 0.3) is 0 Å². The van der Waals surface area contributed by atoms with Crippen LogP contribution in [0.5, 0.6) is 0 Å². The lowest BCUT2D eigenvalue weighted by Crippen LogP contribution is -2.49. The SMILES string of the molecule is OC(COCc1ccco1)CN1CCN(c2ncc(C(F)(F)F)cc2Cl)CC1. The summed E-state index contributed by atoms with van der Waals surface area (Å²) in [5, 5.41) is 10.1. The number of nitrogens with zero attached hydrogens (tertiary/aromatic N) is 3. The fourth-order valence-electron chi connectivity index (χ4n) is 3.00. The van der Waals surface area contributed by atoms with E-state index in [2.05, 4.69) is 9.88 Å². The molecule has 0 radical (unpaired) electrons. The minimum absolute atomic E-state index is 0.0189. The van der Waals surface area contributed by atoms with Gasteiger partial charge in [0.05, 0.1) is 29.6 Å². The molecule has 1 atom stereocenters. The van der Waals surface area contributed by atoms with Crippen LogP contribution in [0.15, 0.2) is 35.1 Å². The van der Waals surface area contributed by atoms with Gasteiger partial charge in [-0.3, -0.25) is 4.90 Å². The molecule has 0 bridgehead atoms. The maximum atomic E-state index is 12.7. The third-order valence-corrected chi connectivity index (χ3v) is 4.70. The van der Waals surface area contributed by atoms with Crippen molar-refractivity contribution in [3.05, 3.63) is 47.0 Å². The summed E-state index contributed by atoms with van der Waals surface area (Å²) in [5.74, 6) is 1.04. The Hall–Kier alpha value is -1.81. The van der Waals surface area contributed by atoms with Crippen LogP contribution < -0.4 is 4.90 Å². The third-order valence-electron chi connectivity index (χ3n) is 4.42. The molecule has 0 spiro atoms. The van der Waals surface area contributed by atoms with Gasteiger partial charge < -0.3 is 19.2 Å². The number of alkyl halides is 3. The van der Waals surface area contributed by atoms with E-state index in [0.29, 0.717) is 50.9 Å². The standard InChI is InChI=1S/C18H21ClF3N3O3/c19-16-8-13(18(20,21)22)9-23-17(16)25-5-3-24(4-6-25)10-14(26)11-27-12-15-2-1-7-28-15/h1-2,7-9,14,26H,3-6,10-12H2. The summed E-state index contributed by atoms with van der Waals surface area (Å²) in [6, 6.07) is 4.47. The average Bonchev–Trinajstić information content (AvgIpc) is 3.15. The summed E-state index contributed by atoms with van der Waals surface area (Å²) < 4.78 is 48.8. The van der Waals surface area contributed by atoms with E-state index in [0.717, 1.165) is 12.3 Å². The Labute approximate surface area is 165 Å². The first-order valence-electron chi connectivity index (χ1n) is 8.81. The molecule has 0 saturated carbocycles. The van der Waals surface area contributed by atoms with Gasteiger partial charge in [0.2, 0.25) is 0 Å². The van der Waals surface area contributed by atoms with Crippen molar-refractivity contribution in [1.82, 2.24) is 9.88 Å². The Bertz CT molecular complexity index is 750. The second-order valence-corrected chi connectivity index (χ2v) is 6.97. The molecule has 2 aromatic heterocycles. The van der Waals surface area contributed by atoms with E-state index < -0.39 is 17.8 Å². The highest BCUT2D eigenvalue weighted by atomic mass is 35.5. The second kappa shape index (κ2) is 9.13. The van der Waals surface area contributed by atoms with Crippen LogP contribution in [0, 0.1) is 0 Å². The van der Waals surface area contributed by atoms with Gasteiger partial charge >= 0.3 is 6.18 Å². The van der Waals surface area contributed by atoms with E-state index in [1.54, 1.807) is 18.4 Å². The van der Waals surface area contributed by atoms with Crippen LogP contribution in [-0.2, 0) is 17.5 Å². The summed E-state index contributed by atoms with van der Waals surface area (Å²) in [4.78, 5) is 7.81. The predicted molar refractivity (Wildman–Crippen MR) is 97.3 cm³/mol. The maximum Gasteiger partial charge on any atom is 0.417 e. The van der Waals surface area contributed by atoms with Gasteiger partial charge in [-0.1, -0.05) is 11.6 Å². The molecule has 1 aliphatic rings. The number of halogens is 4. The Kier molecular flexibility index (Phi) is 6.82. The lowest BCUT2D eigenvalue weighted by Gasteiger charge is -2.36. The molecule has 1 aliphatic heterocycles. The zero-order chi connectivity index (χ0) is 20.1. The van der Waals surface area contributed by atoms with E-state index in [1.165, 1.54) is 0 Å². The molecule has 3 rings (SSSR count). The topological polar surface area (TPSA) is 62.0 Å². The lowest BCUT2D eigenvalue weighted by molar-refractivity contribution is -0.137. The Morgan fingerprint density at radius 3 is 2.64 bits per heavy atom. The Balaban J connectivity index is 1.44. The molecular weight excluding hydrogens is 399 g/mol. The van der Waals surface area contributed by atoms with Crippen molar-refractivity contribution in [1.29, 1.82) is 0 Å². The second-order valence-electron chi connectivity index (χ2n) is 6.56. The molecule has 28 heavy (non-hydrogen) atoms. The number of furan rings is 1. The molecule has 0 aromatic carbocycles. The van der Waals surface area contributed by atoms with Crippen LogP contribution in [-0.4, -0.2) is 60.4 Å². The van der Waals surface area contributed by atoms with Crippen molar-refractivity contribution in [3.63, 3.8) is 0 Å². The molecule has 0 amide bonds. The number of aliphatic hydroxyl groups is 1. The molecule has 3 heterocycles. The first-order valence-corrected chi connectivity index (χ1v) is 9.19. The number of β-amino-alcohol motifs (C(OH)–C–C–N with tert-alkyl or cyclic N) is 1. The monoisotopic (exact) mass is 419 g/mol. The number of piperazine rings is 1. The average molecular weight is 420 g/mol. The molecule has 154 valence electrons. The van der Waals surface area contributed by atoms with E-state index in [4.69, 9.17) is 20.8 Å². The van der Waals surface area contributed by atoms with Crippen molar-refractivity contribution in [2.45, 2.75) is 18.9 Å². The van der Waals surface area contributed by atoms with Gasteiger partial charge in [0, 0.05) is 38.9 Å². The van der Waals surface area contributed by atoms with Gasteiger partial charge in [-0.15, -0.1) is 0 Å². The normalized spacial score (nSPS) is 17.1. The van der Waals surface area contributed by atoms with E-state index in [9.17, 15) is 18.3 Å². The number of ether oxygens (including phenoxy) is 1. The molecule has 1 saturated heterocycles. The zero-order valence-electron chi connectivity index (χ0n) is 15.0. The highest BCUT2D eigenvalue weighted by Gasteiger charge is 2.32. The number of aliphatic hydroxyl groups excluding tert-OH is 1. The summed E-state index contributed by atoms with van der Waals surface area (Å²) in [5.41, 5.74) is -0.863. The van der Waals surface area contributed by atoms with Gasteiger partial charge in [-0.25, -0.2) is 4.98 Å². The summed E-state index contributed by atoms with van der Waals surface area (Å²) in [7, 11) is 0. The number of rotatable bonds is 7. The molecule has 0 aliphatic carbocycles. The third kappa shape index (κ3) is 5.60. The molecular formula is C18H21ClF3N3O3. The number of hydrogen-bond acceptors (Lipinski definition) is 6. The zero-order valence-corrected chi connectivity index (χ0v) is 15.8. The van der Waals surface area contributed by atoms with Crippen molar-refractivity contribution in [2.24, 2.45) is 0 Å². The van der Waals surface area contributed by atoms with Crippen LogP contribution in [0.3, 0.4) is 0 Å². The lowest BCUT2D eigenvalue weighted by atomic mass is 10.2. The van der Waals surface area contributed by atoms with Gasteiger partial charge in [0.1, 0.15) is 18.2 Å². The molecule has 10 heteroatoms. The summed E-state index contributed by atoms with van der Waals surface area (Å²) in [6.07, 6.45) is -2.75. The number of pyridine rings is 1. The van der Waals surface area contributed by atoms with Crippen LogP contribution in [0.2, 0.25) is 5.02 Å². The Morgan fingerprint density at radius 1 is 1.29 bits per heavy atom. The van der Waals surface area contributed by atoms with Crippen molar-refractivity contribution in [2.75, 3.05) is 44.2 Å². The fourth-order valence-corrected chi connectivity index (χ4v) is 3.29. The Morgan fingerprint density at radius 2 is 2.04 bits per heavy atom. The van der Waals surface area contributed by atoms with Crippen LogP contribution >= 0.6 is 11.6 Å². The minimum Gasteiger partial charge on any atom is -0.467 e. The summed E-state index contributed by atoms with van der Waals surface area (Å²) >= 11 is 6.01. The van der Waals surface area contributed by atoms with E-state index in [1.807, 2.05) is 4.90 Å². The number of aromatic nitrogens is 1.